The van der Waals surface area contributed by atoms with Gasteiger partial charge in [-0.1, -0.05) is 18.2 Å². The molecular formula is C17H16N4O. The molecule has 1 N–H and O–H groups in total. The van der Waals surface area contributed by atoms with Crippen LogP contribution in [0, 0.1) is 0 Å². The third-order valence-electron chi connectivity index (χ3n) is 3.42. The summed E-state index contributed by atoms with van der Waals surface area (Å²) in [6, 6.07) is 13.4. The van der Waals surface area contributed by atoms with Crippen LogP contribution in [0.25, 0.3) is 5.69 Å². The summed E-state index contributed by atoms with van der Waals surface area (Å²) in [6.07, 6.45) is 6.72. The Labute approximate surface area is 128 Å². The van der Waals surface area contributed by atoms with Crippen molar-refractivity contribution in [1.82, 2.24) is 20.1 Å². The molecule has 0 bridgehead atoms. The Morgan fingerprint density at radius 1 is 1.14 bits per heavy atom. The van der Waals surface area contributed by atoms with Crippen LogP contribution in [0.2, 0.25) is 0 Å². The van der Waals surface area contributed by atoms with Gasteiger partial charge in [-0.3, -0.25) is 9.78 Å². The predicted octanol–water partition coefficient (Wildman–Crippen LogP) is 2.76. The van der Waals surface area contributed by atoms with Crippen LogP contribution < -0.4 is 5.32 Å². The maximum absolute atomic E-state index is 12.3. The molecule has 2 heterocycles. The van der Waals surface area contributed by atoms with E-state index < -0.39 is 0 Å². The maximum atomic E-state index is 12.3. The van der Waals surface area contributed by atoms with Crippen molar-refractivity contribution in [3.8, 4) is 5.69 Å². The average molecular weight is 292 g/mol. The number of nitrogens with zero attached hydrogens (tertiary/aromatic N) is 3. The molecule has 1 amide bonds. The molecule has 3 rings (SSSR count). The van der Waals surface area contributed by atoms with Crippen LogP contribution in [0.5, 0.6) is 0 Å². The molecule has 1 aromatic carbocycles. The van der Waals surface area contributed by atoms with Gasteiger partial charge in [-0.25, -0.2) is 4.68 Å². The Morgan fingerprint density at radius 2 is 1.86 bits per heavy atom. The molecule has 1 atom stereocenters. The minimum atomic E-state index is -0.147. The van der Waals surface area contributed by atoms with E-state index in [1.54, 1.807) is 29.5 Å². The first kappa shape index (κ1) is 14.0. The van der Waals surface area contributed by atoms with E-state index in [1.165, 1.54) is 0 Å². The van der Waals surface area contributed by atoms with Crippen molar-refractivity contribution in [2.45, 2.75) is 13.0 Å². The molecule has 0 aliphatic heterocycles. The topological polar surface area (TPSA) is 59.8 Å². The number of para-hydroxylation sites is 1. The molecule has 5 heteroatoms. The number of aromatic nitrogens is 3. The van der Waals surface area contributed by atoms with Crippen molar-refractivity contribution in [3.63, 3.8) is 0 Å². The number of hydrogen-bond donors (Lipinski definition) is 1. The number of carbonyl (C=O) groups excluding carboxylic acids is 1. The molecule has 0 fully saturated rings. The van der Waals surface area contributed by atoms with Crippen LogP contribution >= 0.6 is 0 Å². The van der Waals surface area contributed by atoms with E-state index in [0.29, 0.717) is 5.56 Å². The van der Waals surface area contributed by atoms with Gasteiger partial charge in [-0.05, 0) is 36.8 Å². The van der Waals surface area contributed by atoms with Gasteiger partial charge < -0.3 is 5.32 Å². The van der Waals surface area contributed by atoms with Crippen LogP contribution in [0.15, 0.2) is 67.3 Å². The van der Waals surface area contributed by atoms with Crippen LogP contribution in [0.4, 0.5) is 0 Å². The molecule has 5 nitrogen and oxygen atoms in total. The summed E-state index contributed by atoms with van der Waals surface area (Å²) in [4.78, 5) is 16.3. The van der Waals surface area contributed by atoms with E-state index in [2.05, 4.69) is 15.4 Å². The molecule has 0 spiro atoms. The summed E-state index contributed by atoms with van der Waals surface area (Å²) >= 11 is 0. The molecule has 0 saturated carbocycles. The second-order valence-corrected chi connectivity index (χ2v) is 4.98. The monoisotopic (exact) mass is 292 g/mol. The van der Waals surface area contributed by atoms with E-state index >= 15 is 0 Å². The van der Waals surface area contributed by atoms with Crippen LogP contribution in [-0.4, -0.2) is 20.7 Å². The second kappa shape index (κ2) is 6.22. The number of carbonyl (C=O) groups is 1. The molecule has 2 aromatic heterocycles. The molecule has 0 aliphatic carbocycles. The third-order valence-corrected chi connectivity index (χ3v) is 3.42. The van der Waals surface area contributed by atoms with Crippen molar-refractivity contribution < 1.29 is 4.79 Å². The Kier molecular flexibility index (Phi) is 3.96. The van der Waals surface area contributed by atoms with E-state index in [-0.39, 0.29) is 11.9 Å². The maximum Gasteiger partial charge on any atom is 0.254 e. The summed E-state index contributed by atoms with van der Waals surface area (Å²) < 4.78 is 1.69. The first-order valence-corrected chi connectivity index (χ1v) is 7.05. The van der Waals surface area contributed by atoms with Gasteiger partial charge in [0, 0.05) is 18.6 Å². The van der Waals surface area contributed by atoms with Crippen LogP contribution in [0.3, 0.4) is 0 Å². The fourth-order valence-corrected chi connectivity index (χ4v) is 2.18. The van der Waals surface area contributed by atoms with E-state index in [9.17, 15) is 4.79 Å². The van der Waals surface area contributed by atoms with Gasteiger partial charge in [0.25, 0.3) is 5.91 Å². The van der Waals surface area contributed by atoms with Gasteiger partial charge in [0.1, 0.15) is 0 Å². The Morgan fingerprint density at radius 3 is 2.59 bits per heavy atom. The molecular weight excluding hydrogens is 276 g/mol. The highest BCUT2D eigenvalue weighted by Crippen LogP contribution is 2.12. The number of amides is 1. The fourth-order valence-electron chi connectivity index (χ4n) is 2.18. The van der Waals surface area contributed by atoms with Crippen molar-refractivity contribution in [2.75, 3.05) is 0 Å². The minimum Gasteiger partial charge on any atom is -0.345 e. The average Bonchev–Trinajstić information content (AvgIpc) is 3.06. The van der Waals surface area contributed by atoms with Gasteiger partial charge in [0.2, 0.25) is 0 Å². The van der Waals surface area contributed by atoms with Crippen molar-refractivity contribution >= 4 is 5.91 Å². The highest BCUT2D eigenvalue weighted by molar-refractivity contribution is 5.94. The van der Waals surface area contributed by atoms with E-state index in [1.807, 2.05) is 49.4 Å². The highest BCUT2D eigenvalue weighted by atomic mass is 16.1. The SMILES string of the molecule is CC(NC(=O)c1cnn(-c2ccccc2)c1)c1ccncc1. The van der Waals surface area contributed by atoms with Crippen LogP contribution in [0.1, 0.15) is 28.9 Å². The number of benzene rings is 1. The number of hydrogen-bond acceptors (Lipinski definition) is 3. The summed E-state index contributed by atoms with van der Waals surface area (Å²) in [5.41, 5.74) is 2.47. The van der Waals surface area contributed by atoms with Gasteiger partial charge >= 0.3 is 0 Å². The van der Waals surface area contributed by atoms with Gasteiger partial charge in [0.05, 0.1) is 23.5 Å². The smallest absolute Gasteiger partial charge is 0.254 e. The summed E-state index contributed by atoms with van der Waals surface area (Å²) in [7, 11) is 0. The van der Waals surface area contributed by atoms with Gasteiger partial charge in [-0.2, -0.15) is 5.10 Å². The number of nitrogens with one attached hydrogen (secondary N) is 1. The molecule has 0 aliphatic rings. The summed E-state index contributed by atoms with van der Waals surface area (Å²) in [6.45, 7) is 1.94. The summed E-state index contributed by atoms with van der Waals surface area (Å²) in [5, 5.41) is 7.19. The summed E-state index contributed by atoms with van der Waals surface area (Å²) in [5.74, 6) is -0.147. The van der Waals surface area contributed by atoms with E-state index in [0.717, 1.165) is 11.3 Å². The lowest BCUT2D eigenvalue weighted by Gasteiger charge is -2.13. The lowest BCUT2D eigenvalue weighted by molar-refractivity contribution is 0.0940. The highest BCUT2D eigenvalue weighted by Gasteiger charge is 2.13. The zero-order valence-electron chi connectivity index (χ0n) is 12.2. The Balaban J connectivity index is 1.72. The molecule has 22 heavy (non-hydrogen) atoms. The molecule has 1 unspecified atom stereocenters. The van der Waals surface area contributed by atoms with Gasteiger partial charge in [-0.15, -0.1) is 0 Å². The Bertz CT molecular complexity index is 753. The predicted molar refractivity (Wildman–Crippen MR) is 83.7 cm³/mol. The standard InChI is InChI=1S/C17H16N4O/c1-13(14-7-9-18-10-8-14)20-17(22)15-11-19-21(12-15)16-5-3-2-4-6-16/h2-13H,1H3,(H,20,22). The third kappa shape index (κ3) is 3.03. The quantitative estimate of drug-likeness (QED) is 0.804. The zero-order valence-corrected chi connectivity index (χ0v) is 12.2. The zero-order chi connectivity index (χ0) is 15.4. The number of pyridine rings is 1. The molecule has 0 radical (unpaired) electrons. The van der Waals surface area contributed by atoms with Crippen molar-refractivity contribution in [1.29, 1.82) is 0 Å². The molecule has 110 valence electrons. The largest absolute Gasteiger partial charge is 0.345 e. The normalized spacial score (nSPS) is 11.9. The minimum absolute atomic E-state index is 0.0874. The lowest BCUT2D eigenvalue weighted by Crippen LogP contribution is -2.26. The van der Waals surface area contributed by atoms with Crippen molar-refractivity contribution in [3.05, 3.63) is 78.4 Å². The Hall–Kier alpha value is -2.95. The van der Waals surface area contributed by atoms with Crippen molar-refractivity contribution in [2.24, 2.45) is 0 Å². The second-order valence-electron chi connectivity index (χ2n) is 4.98. The van der Waals surface area contributed by atoms with Crippen LogP contribution in [-0.2, 0) is 0 Å². The first-order chi connectivity index (χ1) is 10.7. The molecule has 3 aromatic rings. The lowest BCUT2D eigenvalue weighted by atomic mass is 10.1. The first-order valence-electron chi connectivity index (χ1n) is 7.05. The molecule has 0 saturated heterocycles. The number of rotatable bonds is 4. The van der Waals surface area contributed by atoms with Gasteiger partial charge in [0.15, 0.2) is 0 Å². The fraction of sp³-hybridized carbons (Fsp3) is 0.118. The van der Waals surface area contributed by atoms with E-state index in [4.69, 9.17) is 0 Å².